The largest absolute Gasteiger partial charge is 0.436 e. The highest BCUT2D eigenvalue weighted by atomic mass is 32.1. The molecule has 23 aromatic rings. The van der Waals surface area contributed by atoms with Gasteiger partial charge in [-0.05, 0) is 281 Å². The van der Waals surface area contributed by atoms with Crippen LogP contribution in [0.3, 0.4) is 0 Å². The van der Waals surface area contributed by atoms with Gasteiger partial charge in [0.25, 0.3) is 0 Å². The Kier molecular flexibility index (Phi) is 18.1. The van der Waals surface area contributed by atoms with E-state index in [1.165, 1.54) is 74.7 Å². The summed E-state index contributed by atoms with van der Waals surface area (Å²) in [6, 6.07) is 151. The van der Waals surface area contributed by atoms with Crippen molar-refractivity contribution in [2.24, 2.45) is 0 Å². The van der Waals surface area contributed by atoms with E-state index < -0.39 is 0 Å². The van der Waals surface area contributed by atoms with Crippen molar-refractivity contribution in [3.8, 4) is 99.7 Å². The van der Waals surface area contributed by atoms with E-state index in [9.17, 15) is 0 Å². The fourth-order valence-corrected chi connectivity index (χ4v) is 18.2. The number of hydrogen-bond acceptors (Lipinski definition) is 10. The third-order valence-corrected chi connectivity index (χ3v) is 24.8. The van der Waals surface area contributed by atoms with E-state index in [1.54, 1.807) is 22.7 Å². The average molecular weight is 1570 g/mol. The van der Waals surface area contributed by atoms with Crippen LogP contribution in [-0.4, -0.2) is 19.9 Å². The first kappa shape index (κ1) is 71.1. The number of oxazole rings is 2. The highest BCUT2D eigenvalue weighted by Gasteiger charge is 2.20. The number of nitrogens with zero attached hydrogens (tertiary/aromatic N) is 6. The van der Waals surface area contributed by atoms with Crippen molar-refractivity contribution < 1.29 is 8.83 Å². The van der Waals surface area contributed by atoms with Gasteiger partial charge in [-0.15, -0.1) is 22.7 Å². The molecule has 0 saturated heterocycles. The monoisotopic (exact) mass is 1570 g/mol. The molecule has 19 aromatic carbocycles. The van der Waals surface area contributed by atoms with Gasteiger partial charge in [-0.25, -0.2) is 19.9 Å². The molecule has 0 spiro atoms. The molecule has 0 aliphatic carbocycles. The van der Waals surface area contributed by atoms with Crippen LogP contribution in [-0.2, 0) is 0 Å². The maximum atomic E-state index is 6.04. The summed E-state index contributed by atoms with van der Waals surface area (Å²) in [5.74, 6) is 1.25. The summed E-state index contributed by atoms with van der Waals surface area (Å²) in [5.41, 5.74) is 27.7. The molecule has 0 N–H and O–H groups in total. The molecule has 564 valence electrons. The smallest absolute Gasteiger partial charge is 0.227 e. The molecule has 0 atom stereocenters. The average Bonchev–Trinajstić information content (AvgIpc) is 1.04. The van der Waals surface area contributed by atoms with Crippen molar-refractivity contribution in [1.29, 1.82) is 0 Å². The molecular weight excluding hydrogens is 1500 g/mol. The Morgan fingerprint density at radius 1 is 0.175 bits per heavy atom. The summed E-state index contributed by atoms with van der Waals surface area (Å²) < 4.78 is 14.5. The molecule has 4 aromatic heterocycles. The van der Waals surface area contributed by atoms with Gasteiger partial charge >= 0.3 is 0 Å². The molecule has 0 saturated carbocycles. The third kappa shape index (κ3) is 14.0. The fourth-order valence-electron chi connectivity index (χ4n) is 16.3. The van der Waals surface area contributed by atoms with Crippen molar-refractivity contribution in [3.05, 3.63) is 425 Å². The van der Waals surface area contributed by atoms with Crippen LogP contribution in [0.1, 0.15) is 0 Å². The Bertz CT molecular complexity index is 7470. The van der Waals surface area contributed by atoms with Gasteiger partial charge in [0.1, 0.15) is 21.0 Å². The third-order valence-electron chi connectivity index (χ3n) is 22.6. The highest BCUT2D eigenvalue weighted by molar-refractivity contribution is 7.22. The molecule has 10 heteroatoms. The van der Waals surface area contributed by atoms with E-state index in [0.717, 1.165) is 133 Å². The first-order valence-electron chi connectivity index (χ1n) is 40.2. The van der Waals surface area contributed by atoms with Crippen molar-refractivity contribution in [2.45, 2.75) is 0 Å². The summed E-state index contributed by atoms with van der Waals surface area (Å²) >= 11 is 3.46. The molecule has 0 radical (unpaired) electrons. The van der Waals surface area contributed by atoms with Gasteiger partial charge in [-0.3, -0.25) is 0 Å². The van der Waals surface area contributed by atoms with Crippen LogP contribution in [0.5, 0.6) is 0 Å². The van der Waals surface area contributed by atoms with Gasteiger partial charge in [0.15, 0.2) is 11.2 Å². The SMILES string of the molecule is c1ccc2cc(-c3ccc4cc(N(c5ccc(-c6ccc(-c7nc8ccccc8o7)cc6)cc5)c5ccc(-c6ccc(-c7nc8ccccc8s7)cc6)cc5)ccc4c3)ccc2c1.c1ccc2cc(-c3ccc4cc(N(c5ccc(-c6ccc(-c7nc8ccccc8o7)cc6)cc5)c5ccc(-c6nc7ccccc7s6)cc5)ccc4c3)ccc2c1. The van der Waals surface area contributed by atoms with Crippen LogP contribution < -0.4 is 9.80 Å². The fraction of sp³-hybridized carbons (Fsp3) is 0. The lowest BCUT2D eigenvalue weighted by molar-refractivity contribution is 0.619. The van der Waals surface area contributed by atoms with Crippen molar-refractivity contribution in [3.63, 3.8) is 0 Å². The number of anilines is 6. The van der Waals surface area contributed by atoms with Gasteiger partial charge in [0, 0.05) is 56.4 Å². The maximum absolute atomic E-state index is 6.04. The second kappa shape index (κ2) is 30.6. The van der Waals surface area contributed by atoms with Crippen LogP contribution in [0.15, 0.2) is 433 Å². The first-order valence-corrected chi connectivity index (χ1v) is 41.8. The van der Waals surface area contributed by atoms with E-state index in [4.69, 9.17) is 23.8 Å². The van der Waals surface area contributed by atoms with Gasteiger partial charge in [-0.1, -0.05) is 243 Å². The summed E-state index contributed by atoms with van der Waals surface area (Å²) in [5, 5.41) is 11.8. The molecule has 0 fully saturated rings. The molecule has 4 heterocycles. The predicted octanol–water partition coefficient (Wildman–Crippen LogP) is 31.4. The molecule has 23 rings (SSSR count). The Morgan fingerprint density at radius 3 is 0.767 bits per heavy atom. The molecule has 0 unspecified atom stereocenters. The zero-order valence-corrected chi connectivity index (χ0v) is 66.4. The molecular formula is C110H70N6O2S2. The number of benzene rings is 19. The van der Waals surface area contributed by atoms with Crippen molar-refractivity contribution in [1.82, 2.24) is 19.9 Å². The lowest BCUT2D eigenvalue weighted by Gasteiger charge is -2.26. The first-order chi connectivity index (χ1) is 59.3. The number of hydrogen-bond donors (Lipinski definition) is 0. The molecule has 0 aliphatic heterocycles. The summed E-state index contributed by atoms with van der Waals surface area (Å²) in [6.45, 7) is 0. The summed E-state index contributed by atoms with van der Waals surface area (Å²) in [7, 11) is 0. The number of rotatable bonds is 15. The zero-order valence-electron chi connectivity index (χ0n) is 64.7. The quantitative estimate of drug-likeness (QED) is 0.100. The maximum Gasteiger partial charge on any atom is 0.227 e. The van der Waals surface area contributed by atoms with E-state index in [0.29, 0.717) is 11.8 Å². The minimum absolute atomic E-state index is 0.626. The second-order valence-electron chi connectivity index (χ2n) is 30.2. The molecule has 8 nitrogen and oxygen atoms in total. The zero-order chi connectivity index (χ0) is 79.4. The topological polar surface area (TPSA) is 84.3 Å². The number of fused-ring (bicyclic) bond motifs is 8. The minimum atomic E-state index is 0.626. The van der Waals surface area contributed by atoms with E-state index >= 15 is 0 Å². The van der Waals surface area contributed by atoms with Crippen molar-refractivity contribution in [2.75, 3.05) is 9.80 Å². The Balaban J connectivity index is 0.000000145. The van der Waals surface area contributed by atoms with Crippen LogP contribution in [0.25, 0.3) is 185 Å². The van der Waals surface area contributed by atoms with Crippen LogP contribution in [0.4, 0.5) is 34.1 Å². The van der Waals surface area contributed by atoms with Gasteiger partial charge < -0.3 is 18.6 Å². The van der Waals surface area contributed by atoms with E-state index in [2.05, 4.69) is 379 Å². The lowest BCUT2D eigenvalue weighted by Crippen LogP contribution is -2.09. The summed E-state index contributed by atoms with van der Waals surface area (Å²) in [4.78, 5) is 23.8. The highest BCUT2D eigenvalue weighted by Crippen LogP contribution is 2.44. The molecule has 0 amide bonds. The number of aromatic nitrogens is 4. The molecule has 120 heavy (non-hydrogen) atoms. The van der Waals surface area contributed by atoms with E-state index in [1.807, 2.05) is 60.7 Å². The lowest BCUT2D eigenvalue weighted by atomic mass is 9.98. The van der Waals surface area contributed by atoms with Gasteiger partial charge in [0.2, 0.25) is 11.8 Å². The Morgan fingerprint density at radius 2 is 0.417 bits per heavy atom. The van der Waals surface area contributed by atoms with Crippen LogP contribution in [0, 0.1) is 0 Å². The Labute approximate surface area is 700 Å². The van der Waals surface area contributed by atoms with Gasteiger partial charge in [-0.2, -0.15) is 0 Å². The number of para-hydroxylation sites is 6. The second-order valence-corrected chi connectivity index (χ2v) is 32.2. The normalized spacial score (nSPS) is 11.5. The summed E-state index contributed by atoms with van der Waals surface area (Å²) in [6.07, 6.45) is 0. The molecule has 0 bridgehead atoms. The standard InChI is InChI=1S/C58H37N3OS.C52H33N3OS/c1-2-8-45-35-46(22-17-38(45)7-1)47-23-24-49-37-52(34-29-48(49)36-47)61(50-30-25-41(26-31-50)39-13-18-43(19-14-39)57-59-53-9-3-5-11-55(53)62-57)51-32-27-42(28-33-51)40-15-20-44(21-16-40)58-60-54-10-4-6-12-56(54)63-58;1-2-8-39-31-40(18-15-34(39)7-1)41-19-20-43-33-46(30-25-42(43)32-41)55(45-28-23-38(24-29-45)52-54-48-10-4-6-12-50(48)57-52)44-26-21-36(22-27-44)35-13-16-37(17-14-35)51-53-47-9-3-5-11-49(47)56-51/h1-37H;1-33H. The Hall–Kier alpha value is -15.5. The van der Waals surface area contributed by atoms with Gasteiger partial charge in [0.05, 0.1) is 20.4 Å². The minimum Gasteiger partial charge on any atom is -0.436 e. The molecule has 0 aliphatic rings. The number of thiazole rings is 2. The predicted molar refractivity (Wildman–Crippen MR) is 503 cm³/mol. The van der Waals surface area contributed by atoms with Crippen LogP contribution >= 0.6 is 22.7 Å². The van der Waals surface area contributed by atoms with Crippen molar-refractivity contribution >= 4 is 143 Å². The van der Waals surface area contributed by atoms with Crippen LogP contribution in [0.2, 0.25) is 0 Å². The van der Waals surface area contributed by atoms with E-state index in [-0.39, 0.29) is 0 Å².